The number of rotatable bonds is 2. The quantitative estimate of drug-likeness (QED) is 0.772. The fraction of sp³-hybridized carbons (Fsp3) is 0. The summed E-state index contributed by atoms with van der Waals surface area (Å²) in [4.78, 5) is 15.7. The fourth-order valence-corrected chi connectivity index (χ4v) is 2.87. The van der Waals surface area contributed by atoms with E-state index in [1.165, 1.54) is 29.7 Å². The lowest BCUT2D eigenvalue weighted by atomic mass is 10.2. The van der Waals surface area contributed by atoms with Crippen LogP contribution in [-0.4, -0.2) is 16.1 Å². The number of hydrogen-bond donors (Lipinski definition) is 1. The number of halogens is 1. The highest BCUT2D eigenvalue weighted by atomic mass is 32.1. The van der Waals surface area contributed by atoms with E-state index in [4.69, 9.17) is 5.11 Å². The molecule has 0 saturated heterocycles. The van der Waals surface area contributed by atoms with Crippen molar-refractivity contribution in [2.24, 2.45) is 0 Å². The Labute approximate surface area is 112 Å². The Kier molecular flexibility index (Phi) is 2.76. The van der Waals surface area contributed by atoms with Gasteiger partial charge in [-0.15, -0.1) is 11.3 Å². The molecule has 19 heavy (non-hydrogen) atoms. The molecule has 0 aliphatic heterocycles. The second-order valence-corrected chi connectivity index (χ2v) is 5.08. The number of hydrogen-bond acceptors (Lipinski definition) is 3. The number of thiophene rings is 1. The van der Waals surface area contributed by atoms with Gasteiger partial charge in [0.1, 0.15) is 5.82 Å². The molecule has 1 aromatic carbocycles. The SMILES string of the molecule is O=C(O)c1ccc(-c2cc3c(F)cccc3s2)nc1. The average Bonchev–Trinajstić information content (AvgIpc) is 2.84. The molecular weight excluding hydrogens is 265 g/mol. The third kappa shape index (κ3) is 2.08. The molecule has 3 nitrogen and oxygen atoms in total. The fourth-order valence-electron chi connectivity index (χ4n) is 1.82. The van der Waals surface area contributed by atoms with E-state index in [2.05, 4.69) is 4.98 Å². The topological polar surface area (TPSA) is 50.2 Å². The zero-order valence-electron chi connectivity index (χ0n) is 9.63. The minimum atomic E-state index is -1.01. The molecule has 3 rings (SSSR count). The van der Waals surface area contributed by atoms with Gasteiger partial charge in [-0.1, -0.05) is 6.07 Å². The van der Waals surface area contributed by atoms with Crippen LogP contribution in [0.1, 0.15) is 10.4 Å². The maximum atomic E-state index is 13.6. The Morgan fingerprint density at radius 2 is 2.11 bits per heavy atom. The van der Waals surface area contributed by atoms with E-state index < -0.39 is 5.97 Å². The zero-order valence-corrected chi connectivity index (χ0v) is 10.4. The van der Waals surface area contributed by atoms with Crippen molar-refractivity contribution in [2.75, 3.05) is 0 Å². The predicted molar refractivity (Wildman–Crippen MR) is 72.0 cm³/mol. The summed E-state index contributed by atoms with van der Waals surface area (Å²) in [6.07, 6.45) is 1.30. The van der Waals surface area contributed by atoms with Crippen LogP contribution in [0.2, 0.25) is 0 Å². The Morgan fingerprint density at radius 1 is 1.26 bits per heavy atom. The molecule has 94 valence electrons. The molecule has 3 aromatic rings. The molecule has 2 heterocycles. The number of aromatic carboxylic acids is 1. The summed E-state index contributed by atoms with van der Waals surface area (Å²) in [6, 6.07) is 9.78. The molecule has 0 spiro atoms. The van der Waals surface area contributed by atoms with Crippen molar-refractivity contribution in [1.82, 2.24) is 4.98 Å². The molecular formula is C14H8FNO2S. The molecule has 0 bridgehead atoms. The first-order valence-corrected chi connectivity index (χ1v) is 6.34. The van der Waals surface area contributed by atoms with Gasteiger partial charge in [0.05, 0.1) is 16.1 Å². The number of fused-ring (bicyclic) bond motifs is 1. The smallest absolute Gasteiger partial charge is 0.337 e. The monoisotopic (exact) mass is 273 g/mol. The van der Waals surface area contributed by atoms with Gasteiger partial charge in [-0.3, -0.25) is 4.98 Å². The number of carbonyl (C=O) groups is 1. The van der Waals surface area contributed by atoms with E-state index in [0.717, 1.165) is 9.58 Å². The van der Waals surface area contributed by atoms with E-state index in [-0.39, 0.29) is 11.4 Å². The first-order valence-electron chi connectivity index (χ1n) is 5.53. The Morgan fingerprint density at radius 3 is 2.74 bits per heavy atom. The molecule has 0 amide bonds. The number of carboxylic acid groups (broad SMARTS) is 1. The maximum Gasteiger partial charge on any atom is 0.337 e. The maximum absolute atomic E-state index is 13.6. The summed E-state index contributed by atoms with van der Waals surface area (Å²) in [6.45, 7) is 0. The van der Waals surface area contributed by atoms with Crippen LogP contribution in [0.3, 0.4) is 0 Å². The largest absolute Gasteiger partial charge is 0.478 e. The second-order valence-electron chi connectivity index (χ2n) is 4.00. The van der Waals surface area contributed by atoms with Crippen LogP contribution in [-0.2, 0) is 0 Å². The lowest BCUT2D eigenvalue weighted by molar-refractivity contribution is 0.0696. The van der Waals surface area contributed by atoms with Gasteiger partial charge in [0.25, 0.3) is 0 Å². The van der Waals surface area contributed by atoms with Crippen molar-refractivity contribution in [1.29, 1.82) is 0 Å². The number of carboxylic acids is 1. The van der Waals surface area contributed by atoms with Gasteiger partial charge in [0.15, 0.2) is 0 Å². The molecule has 1 N–H and O–H groups in total. The molecule has 0 saturated carbocycles. The minimum absolute atomic E-state index is 0.135. The molecule has 0 radical (unpaired) electrons. The van der Waals surface area contributed by atoms with E-state index >= 15 is 0 Å². The lowest BCUT2D eigenvalue weighted by Gasteiger charge is -1.97. The standard InChI is InChI=1S/C14H8FNO2S/c15-10-2-1-3-12-9(10)6-13(19-12)11-5-4-8(7-16-11)14(17)18/h1-7H,(H,17,18). The van der Waals surface area contributed by atoms with E-state index in [0.29, 0.717) is 11.1 Å². The van der Waals surface area contributed by atoms with Crippen LogP contribution >= 0.6 is 11.3 Å². The minimum Gasteiger partial charge on any atom is -0.478 e. The molecule has 0 unspecified atom stereocenters. The first-order chi connectivity index (χ1) is 9.15. The van der Waals surface area contributed by atoms with E-state index in [1.807, 2.05) is 6.07 Å². The summed E-state index contributed by atoms with van der Waals surface area (Å²) >= 11 is 1.43. The lowest BCUT2D eigenvalue weighted by Crippen LogP contribution is -1.96. The Bertz CT molecular complexity index is 765. The zero-order chi connectivity index (χ0) is 13.4. The molecule has 0 atom stereocenters. The summed E-state index contributed by atoms with van der Waals surface area (Å²) < 4.78 is 14.4. The molecule has 5 heteroatoms. The van der Waals surface area contributed by atoms with Gasteiger partial charge in [0.2, 0.25) is 0 Å². The van der Waals surface area contributed by atoms with Crippen molar-refractivity contribution in [3.63, 3.8) is 0 Å². The number of aromatic nitrogens is 1. The number of nitrogens with zero attached hydrogens (tertiary/aromatic N) is 1. The average molecular weight is 273 g/mol. The second kappa shape index (κ2) is 4.44. The Balaban J connectivity index is 2.09. The highest BCUT2D eigenvalue weighted by molar-refractivity contribution is 7.22. The van der Waals surface area contributed by atoms with Gasteiger partial charge in [0, 0.05) is 16.3 Å². The van der Waals surface area contributed by atoms with E-state index in [9.17, 15) is 9.18 Å². The van der Waals surface area contributed by atoms with Crippen LogP contribution in [0.15, 0.2) is 42.6 Å². The molecule has 0 aliphatic rings. The van der Waals surface area contributed by atoms with Crippen LogP contribution in [0.5, 0.6) is 0 Å². The summed E-state index contributed by atoms with van der Waals surface area (Å²) in [5, 5.41) is 9.37. The van der Waals surface area contributed by atoms with Gasteiger partial charge < -0.3 is 5.11 Å². The van der Waals surface area contributed by atoms with Crippen molar-refractivity contribution < 1.29 is 14.3 Å². The van der Waals surface area contributed by atoms with Crippen LogP contribution in [0.4, 0.5) is 4.39 Å². The number of benzene rings is 1. The highest BCUT2D eigenvalue weighted by Gasteiger charge is 2.09. The molecule has 0 fully saturated rings. The van der Waals surface area contributed by atoms with Crippen molar-refractivity contribution in [3.05, 3.63) is 54.0 Å². The summed E-state index contributed by atoms with van der Waals surface area (Å²) in [7, 11) is 0. The van der Waals surface area contributed by atoms with Crippen molar-refractivity contribution >= 4 is 27.4 Å². The molecule has 2 aromatic heterocycles. The van der Waals surface area contributed by atoms with Gasteiger partial charge in [-0.25, -0.2) is 9.18 Å². The van der Waals surface area contributed by atoms with Gasteiger partial charge >= 0.3 is 5.97 Å². The van der Waals surface area contributed by atoms with E-state index in [1.54, 1.807) is 18.2 Å². The van der Waals surface area contributed by atoms with Gasteiger partial charge in [-0.05, 0) is 30.3 Å². The first kappa shape index (κ1) is 11.8. The summed E-state index contributed by atoms with van der Waals surface area (Å²) in [5.74, 6) is -1.27. The van der Waals surface area contributed by atoms with Crippen LogP contribution < -0.4 is 0 Å². The third-order valence-electron chi connectivity index (χ3n) is 2.77. The summed E-state index contributed by atoms with van der Waals surface area (Å²) in [5.41, 5.74) is 0.779. The van der Waals surface area contributed by atoms with Crippen LogP contribution in [0, 0.1) is 5.82 Å². The number of pyridine rings is 1. The van der Waals surface area contributed by atoms with Gasteiger partial charge in [-0.2, -0.15) is 0 Å². The Hall–Kier alpha value is -2.27. The van der Waals surface area contributed by atoms with Crippen LogP contribution in [0.25, 0.3) is 20.7 Å². The third-order valence-corrected chi connectivity index (χ3v) is 3.89. The molecule has 0 aliphatic carbocycles. The van der Waals surface area contributed by atoms with Crippen molar-refractivity contribution in [3.8, 4) is 10.6 Å². The van der Waals surface area contributed by atoms with Crippen molar-refractivity contribution in [2.45, 2.75) is 0 Å². The highest BCUT2D eigenvalue weighted by Crippen LogP contribution is 2.33. The predicted octanol–water partition coefficient (Wildman–Crippen LogP) is 3.80. The normalized spacial score (nSPS) is 10.8.